The zero-order valence-electron chi connectivity index (χ0n) is 13.9. The van der Waals surface area contributed by atoms with Crippen molar-refractivity contribution in [3.63, 3.8) is 0 Å². The third-order valence-electron chi connectivity index (χ3n) is 4.35. The van der Waals surface area contributed by atoms with E-state index in [2.05, 4.69) is 15.4 Å². The highest BCUT2D eigenvalue weighted by Crippen LogP contribution is 2.22. The smallest absolute Gasteiger partial charge is 0.274 e. The van der Waals surface area contributed by atoms with E-state index in [4.69, 9.17) is 0 Å². The molecule has 0 radical (unpaired) electrons. The van der Waals surface area contributed by atoms with E-state index < -0.39 is 6.04 Å². The first kappa shape index (κ1) is 16.5. The van der Waals surface area contributed by atoms with E-state index in [-0.39, 0.29) is 11.8 Å². The summed E-state index contributed by atoms with van der Waals surface area (Å²) >= 11 is 1.37. The van der Waals surface area contributed by atoms with Gasteiger partial charge in [0.1, 0.15) is 11.7 Å². The Bertz CT molecular complexity index is 908. The van der Waals surface area contributed by atoms with Crippen molar-refractivity contribution in [2.75, 3.05) is 11.9 Å². The van der Waals surface area contributed by atoms with Gasteiger partial charge in [-0.2, -0.15) is 5.10 Å². The minimum absolute atomic E-state index is 0.177. The first-order valence-electron chi connectivity index (χ1n) is 8.32. The highest BCUT2D eigenvalue weighted by atomic mass is 32.1. The van der Waals surface area contributed by atoms with Gasteiger partial charge in [0.2, 0.25) is 5.91 Å². The lowest BCUT2D eigenvalue weighted by molar-refractivity contribution is -0.119. The van der Waals surface area contributed by atoms with Crippen LogP contribution in [0, 0.1) is 0 Å². The topological polar surface area (TPSA) is 80.1 Å². The fraction of sp³-hybridized carbons (Fsp3) is 0.222. The SMILES string of the molecule is O=C(Nc1cccc(-n2cccn2)c1)[C@@H]1CCCN1C(=O)c1cscn1. The van der Waals surface area contributed by atoms with E-state index in [9.17, 15) is 9.59 Å². The van der Waals surface area contributed by atoms with Crippen LogP contribution in [0.4, 0.5) is 5.69 Å². The van der Waals surface area contributed by atoms with E-state index in [1.807, 2.05) is 36.5 Å². The number of anilines is 1. The monoisotopic (exact) mass is 367 g/mol. The molecule has 2 amide bonds. The summed E-state index contributed by atoms with van der Waals surface area (Å²) in [5, 5.41) is 8.83. The zero-order valence-corrected chi connectivity index (χ0v) is 14.7. The highest BCUT2D eigenvalue weighted by Gasteiger charge is 2.35. The lowest BCUT2D eigenvalue weighted by Crippen LogP contribution is -2.43. The Labute approximate surface area is 154 Å². The quantitative estimate of drug-likeness (QED) is 0.769. The van der Waals surface area contributed by atoms with Crippen molar-refractivity contribution in [3.05, 3.63) is 59.3 Å². The van der Waals surface area contributed by atoms with Gasteiger partial charge in [-0.1, -0.05) is 6.07 Å². The van der Waals surface area contributed by atoms with Crippen LogP contribution >= 0.6 is 11.3 Å². The molecule has 1 aliphatic rings. The van der Waals surface area contributed by atoms with Crippen molar-refractivity contribution in [2.24, 2.45) is 0 Å². The summed E-state index contributed by atoms with van der Waals surface area (Å²) in [4.78, 5) is 31.0. The van der Waals surface area contributed by atoms with Gasteiger partial charge in [0.15, 0.2) is 0 Å². The Morgan fingerprint density at radius 1 is 1.27 bits per heavy atom. The summed E-state index contributed by atoms with van der Waals surface area (Å²) in [5.74, 6) is -0.363. The number of benzene rings is 1. The van der Waals surface area contributed by atoms with Crippen molar-refractivity contribution in [1.82, 2.24) is 19.7 Å². The number of thiazole rings is 1. The van der Waals surface area contributed by atoms with Crippen LogP contribution in [0.3, 0.4) is 0 Å². The molecular formula is C18H17N5O2S. The first-order chi connectivity index (χ1) is 12.7. The maximum atomic E-state index is 12.8. The van der Waals surface area contributed by atoms with Crippen LogP contribution < -0.4 is 5.32 Å². The number of carbonyl (C=O) groups excluding carboxylic acids is 2. The predicted octanol–water partition coefficient (Wildman–Crippen LogP) is 2.57. The molecule has 1 N–H and O–H groups in total. The number of amides is 2. The van der Waals surface area contributed by atoms with Gasteiger partial charge in [0.25, 0.3) is 5.91 Å². The van der Waals surface area contributed by atoms with Crippen molar-refractivity contribution in [1.29, 1.82) is 0 Å². The van der Waals surface area contributed by atoms with Gasteiger partial charge in [0, 0.05) is 30.0 Å². The molecule has 0 spiro atoms. The Balaban J connectivity index is 1.49. The molecule has 1 saturated heterocycles. The fourth-order valence-electron chi connectivity index (χ4n) is 3.12. The van der Waals surface area contributed by atoms with E-state index in [0.29, 0.717) is 24.3 Å². The molecule has 8 heteroatoms. The molecule has 132 valence electrons. The second kappa shape index (κ2) is 7.09. The number of carbonyl (C=O) groups is 2. The van der Waals surface area contributed by atoms with Crippen LogP contribution in [0.25, 0.3) is 5.69 Å². The van der Waals surface area contributed by atoms with Crippen molar-refractivity contribution < 1.29 is 9.59 Å². The van der Waals surface area contributed by atoms with Crippen molar-refractivity contribution >= 4 is 28.8 Å². The molecular weight excluding hydrogens is 350 g/mol. The maximum absolute atomic E-state index is 12.8. The van der Waals surface area contributed by atoms with Gasteiger partial charge in [-0.3, -0.25) is 9.59 Å². The van der Waals surface area contributed by atoms with E-state index in [1.54, 1.807) is 26.7 Å². The molecule has 3 heterocycles. The van der Waals surface area contributed by atoms with Gasteiger partial charge < -0.3 is 10.2 Å². The molecule has 7 nitrogen and oxygen atoms in total. The Morgan fingerprint density at radius 3 is 2.96 bits per heavy atom. The largest absolute Gasteiger partial charge is 0.325 e. The number of nitrogens with zero attached hydrogens (tertiary/aromatic N) is 4. The molecule has 1 atom stereocenters. The standard InChI is InChI=1S/C18H17N5O2S/c24-17(16-6-2-8-22(16)18(25)15-11-26-12-19-15)21-13-4-1-5-14(10-13)23-9-3-7-20-23/h1,3-5,7,9-12,16H,2,6,8H2,(H,21,24)/t16-/m0/s1. The summed E-state index contributed by atoms with van der Waals surface area (Å²) in [6.07, 6.45) is 5.00. The second-order valence-electron chi connectivity index (χ2n) is 6.02. The van der Waals surface area contributed by atoms with Gasteiger partial charge in [0.05, 0.1) is 11.2 Å². The van der Waals surface area contributed by atoms with Crippen LogP contribution in [-0.2, 0) is 4.79 Å². The Kier molecular flexibility index (Phi) is 4.49. The summed E-state index contributed by atoms with van der Waals surface area (Å²) in [7, 11) is 0. The maximum Gasteiger partial charge on any atom is 0.274 e. The third kappa shape index (κ3) is 3.23. The highest BCUT2D eigenvalue weighted by molar-refractivity contribution is 7.07. The number of rotatable bonds is 4. The van der Waals surface area contributed by atoms with Gasteiger partial charge in [-0.15, -0.1) is 11.3 Å². The number of hydrogen-bond donors (Lipinski definition) is 1. The lowest BCUT2D eigenvalue weighted by Gasteiger charge is -2.23. The molecule has 0 bridgehead atoms. The van der Waals surface area contributed by atoms with Crippen LogP contribution in [0.15, 0.2) is 53.6 Å². The Hall–Kier alpha value is -3.00. The summed E-state index contributed by atoms with van der Waals surface area (Å²) < 4.78 is 1.73. The fourth-order valence-corrected chi connectivity index (χ4v) is 3.65. The molecule has 1 fully saturated rings. The van der Waals surface area contributed by atoms with Crippen molar-refractivity contribution in [2.45, 2.75) is 18.9 Å². The normalized spacial score (nSPS) is 16.6. The van der Waals surface area contributed by atoms with Crippen LogP contribution in [-0.4, -0.2) is 44.1 Å². The van der Waals surface area contributed by atoms with E-state index in [0.717, 1.165) is 12.1 Å². The van der Waals surface area contributed by atoms with Gasteiger partial charge in [-0.05, 0) is 37.1 Å². The van der Waals surface area contributed by atoms with E-state index >= 15 is 0 Å². The minimum atomic E-state index is -0.474. The molecule has 3 aromatic rings. The average molecular weight is 367 g/mol. The number of hydrogen-bond acceptors (Lipinski definition) is 5. The molecule has 0 saturated carbocycles. The number of nitrogens with one attached hydrogen (secondary N) is 1. The molecule has 1 aliphatic heterocycles. The predicted molar refractivity (Wildman–Crippen MR) is 98.4 cm³/mol. The molecule has 4 rings (SSSR count). The molecule has 1 aromatic carbocycles. The zero-order chi connectivity index (χ0) is 17.9. The summed E-state index contributed by atoms with van der Waals surface area (Å²) in [6.45, 7) is 0.571. The molecule has 2 aromatic heterocycles. The number of aromatic nitrogens is 3. The lowest BCUT2D eigenvalue weighted by atomic mass is 10.2. The summed E-state index contributed by atoms with van der Waals surface area (Å²) in [5.41, 5.74) is 3.56. The molecule has 0 unspecified atom stereocenters. The van der Waals surface area contributed by atoms with Crippen LogP contribution in [0.1, 0.15) is 23.3 Å². The minimum Gasteiger partial charge on any atom is -0.325 e. The Morgan fingerprint density at radius 2 is 2.19 bits per heavy atom. The molecule has 26 heavy (non-hydrogen) atoms. The summed E-state index contributed by atoms with van der Waals surface area (Å²) in [6, 6.07) is 8.82. The van der Waals surface area contributed by atoms with Crippen molar-refractivity contribution in [3.8, 4) is 5.69 Å². The molecule has 0 aliphatic carbocycles. The number of likely N-dealkylation sites (tertiary alicyclic amines) is 1. The van der Waals surface area contributed by atoms with Gasteiger partial charge in [-0.25, -0.2) is 9.67 Å². The average Bonchev–Trinajstić information content (AvgIpc) is 3.44. The van der Waals surface area contributed by atoms with Crippen LogP contribution in [0.2, 0.25) is 0 Å². The second-order valence-corrected chi connectivity index (χ2v) is 6.74. The van der Waals surface area contributed by atoms with Crippen LogP contribution in [0.5, 0.6) is 0 Å². The third-order valence-corrected chi connectivity index (χ3v) is 4.94. The first-order valence-corrected chi connectivity index (χ1v) is 9.27. The van der Waals surface area contributed by atoms with Gasteiger partial charge >= 0.3 is 0 Å². The van der Waals surface area contributed by atoms with E-state index in [1.165, 1.54) is 11.3 Å².